The van der Waals surface area contributed by atoms with Crippen LogP contribution in [-0.2, 0) is 4.79 Å². The zero-order valence-electron chi connectivity index (χ0n) is 7.66. The number of aliphatic hydroxyl groups excluding tert-OH is 1. The number of nitrogens with zero attached hydrogens (tertiary/aromatic N) is 1. The van der Waals surface area contributed by atoms with Crippen molar-refractivity contribution < 1.29 is 9.90 Å². The first-order valence-electron chi connectivity index (χ1n) is 4.28. The number of nitrogens with one attached hydrogen (secondary N) is 1. The van der Waals surface area contributed by atoms with Crippen LogP contribution in [0, 0.1) is 12.3 Å². The first-order chi connectivity index (χ1) is 6.15. The predicted octanol–water partition coefficient (Wildman–Crippen LogP) is -1.20. The molecule has 72 valence electrons. The van der Waals surface area contributed by atoms with Crippen LogP contribution in [0.2, 0.25) is 0 Å². The Labute approximate surface area is 77.9 Å². The highest BCUT2D eigenvalue weighted by atomic mass is 16.3. The second-order valence-electron chi connectivity index (χ2n) is 3.21. The predicted molar refractivity (Wildman–Crippen MR) is 48.9 cm³/mol. The van der Waals surface area contributed by atoms with Crippen LogP contribution < -0.4 is 5.32 Å². The van der Waals surface area contributed by atoms with Crippen LogP contribution >= 0.6 is 0 Å². The van der Waals surface area contributed by atoms with Gasteiger partial charge in [-0.05, 0) is 6.92 Å². The van der Waals surface area contributed by atoms with Crippen LogP contribution in [0.1, 0.15) is 6.92 Å². The number of terminal acetylenes is 1. The van der Waals surface area contributed by atoms with Gasteiger partial charge in [0.05, 0.1) is 18.7 Å². The second-order valence-corrected chi connectivity index (χ2v) is 3.21. The molecule has 0 aromatic carbocycles. The maximum Gasteiger partial charge on any atom is 0.237 e. The van der Waals surface area contributed by atoms with E-state index in [1.807, 2.05) is 4.90 Å². The van der Waals surface area contributed by atoms with Crippen molar-refractivity contribution >= 4 is 5.91 Å². The lowest BCUT2D eigenvalue weighted by atomic mass is 10.1. The Morgan fingerprint density at radius 3 is 2.92 bits per heavy atom. The number of amides is 1. The van der Waals surface area contributed by atoms with Gasteiger partial charge in [-0.2, -0.15) is 0 Å². The molecule has 1 unspecified atom stereocenters. The highest BCUT2D eigenvalue weighted by molar-refractivity contribution is 5.81. The van der Waals surface area contributed by atoms with Crippen LogP contribution in [0.25, 0.3) is 0 Å². The number of hydrogen-bond donors (Lipinski definition) is 2. The SMILES string of the molecule is C#CCNC(=O)C(C)N1CC(O)C1. The molecule has 1 atom stereocenters. The third-order valence-corrected chi connectivity index (χ3v) is 2.18. The Morgan fingerprint density at radius 1 is 1.85 bits per heavy atom. The molecule has 0 saturated carbocycles. The number of β-amino-alcohol motifs (C(OH)–C–C–N with tert-alkyl or cyclic N) is 1. The fraction of sp³-hybridized carbons (Fsp3) is 0.667. The summed E-state index contributed by atoms with van der Waals surface area (Å²) in [4.78, 5) is 13.2. The largest absolute Gasteiger partial charge is 0.390 e. The number of carbonyl (C=O) groups is 1. The van der Waals surface area contributed by atoms with Gasteiger partial charge in [0.1, 0.15) is 0 Å². The normalized spacial score (nSPS) is 20.1. The minimum atomic E-state index is -0.275. The molecule has 0 aromatic heterocycles. The molecule has 4 nitrogen and oxygen atoms in total. The molecule has 0 aromatic rings. The highest BCUT2D eigenvalue weighted by Crippen LogP contribution is 2.11. The first kappa shape index (κ1) is 10.0. The lowest BCUT2D eigenvalue weighted by molar-refractivity contribution is -0.130. The smallest absolute Gasteiger partial charge is 0.237 e. The summed E-state index contributed by atoms with van der Waals surface area (Å²) in [6.07, 6.45) is 4.73. The van der Waals surface area contributed by atoms with Crippen molar-refractivity contribution in [1.29, 1.82) is 0 Å². The van der Waals surface area contributed by atoms with E-state index in [2.05, 4.69) is 11.2 Å². The zero-order valence-corrected chi connectivity index (χ0v) is 7.66. The summed E-state index contributed by atoms with van der Waals surface area (Å²) >= 11 is 0. The molecule has 1 heterocycles. The Kier molecular flexibility index (Phi) is 3.29. The van der Waals surface area contributed by atoms with Gasteiger partial charge in [0.25, 0.3) is 0 Å². The van der Waals surface area contributed by atoms with Crippen LogP contribution in [-0.4, -0.2) is 47.7 Å². The van der Waals surface area contributed by atoms with Crippen LogP contribution in [0.4, 0.5) is 0 Å². The van der Waals surface area contributed by atoms with Crippen molar-refractivity contribution in [2.75, 3.05) is 19.6 Å². The van der Waals surface area contributed by atoms with Crippen molar-refractivity contribution in [2.45, 2.75) is 19.1 Å². The van der Waals surface area contributed by atoms with Gasteiger partial charge in [0, 0.05) is 13.1 Å². The van der Waals surface area contributed by atoms with Crippen LogP contribution in [0.15, 0.2) is 0 Å². The van der Waals surface area contributed by atoms with Gasteiger partial charge in [-0.1, -0.05) is 5.92 Å². The number of likely N-dealkylation sites (tertiary alicyclic amines) is 1. The van der Waals surface area contributed by atoms with Crippen LogP contribution in [0.3, 0.4) is 0 Å². The fourth-order valence-corrected chi connectivity index (χ4v) is 1.26. The number of aliphatic hydroxyl groups is 1. The van der Waals surface area contributed by atoms with Gasteiger partial charge in [-0.25, -0.2) is 0 Å². The quantitative estimate of drug-likeness (QED) is 0.539. The molecule has 1 aliphatic rings. The Bertz CT molecular complexity index is 228. The van der Waals surface area contributed by atoms with Gasteiger partial charge in [0.2, 0.25) is 5.91 Å². The zero-order chi connectivity index (χ0) is 9.84. The Balaban J connectivity index is 2.27. The summed E-state index contributed by atoms with van der Waals surface area (Å²) < 4.78 is 0. The molecule has 1 rings (SSSR count). The number of rotatable bonds is 3. The summed E-state index contributed by atoms with van der Waals surface area (Å²) in [6.45, 7) is 3.21. The van der Waals surface area contributed by atoms with E-state index < -0.39 is 0 Å². The standard InChI is InChI=1S/C9H14N2O2/c1-3-4-10-9(13)7(2)11-5-8(12)6-11/h1,7-8,12H,4-6H2,2H3,(H,10,13). The van der Waals surface area contributed by atoms with Gasteiger partial charge in [-0.15, -0.1) is 6.42 Å². The van der Waals surface area contributed by atoms with E-state index >= 15 is 0 Å². The van der Waals surface area contributed by atoms with Crippen molar-refractivity contribution in [3.63, 3.8) is 0 Å². The summed E-state index contributed by atoms with van der Waals surface area (Å²) in [5, 5.41) is 11.6. The lowest BCUT2D eigenvalue weighted by Crippen LogP contribution is -2.58. The number of hydrogen-bond acceptors (Lipinski definition) is 3. The monoisotopic (exact) mass is 182 g/mol. The molecular formula is C9H14N2O2. The summed E-state index contributed by atoms with van der Waals surface area (Å²) in [7, 11) is 0. The van der Waals surface area contributed by atoms with E-state index in [1.165, 1.54) is 0 Å². The topological polar surface area (TPSA) is 52.6 Å². The molecular weight excluding hydrogens is 168 g/mol. The maximum absolute atomic E-state index is 11.3. The fourth-order valence-electron chi connectivity index (χ4n) is 1.26. The Morgan fingerprint density at radius 2 is 2.46 bits per heavy atom. The van der Waals surface area contributed by atoms with Crippen LogP contribution in [0.5, 0.6) is 0 Å². The molecule has 0 bridgehead atoms. The van der Waals surface area contributed by atoms with E-state index in [0.717, 1.165) is 0 Å². The second kappa shape index (κ2) is 4.26. The van der Waals surface area contributed by atoms with Gasteiger partial charge in [-0.3, -0.25) is 9.69 Å². The van der Waals surface area contributed by atoms with Crippen molar-refractivity contribution in [3.8, 4) is 12.3 Å². The molecule has 2 N–H and O–H groups in total. The van der Waals surface area contributed by atoms with E-state index in [9.17, 15) is 4.79 Å². The molecule has 1 saturated heterocycles. The van der Waals surface area contributed by atoms with E-state index in [1.54, 1.807) is 6.92 Å². The molecule has 0 aliphatic carbocycles. The molecule has 4 heteroatoms. The Hall–Kier alpha value is -1.05. The third kappa shape index (κ3) is 2.44. The molecule has 1 amide bonds. The van der Waals surface area contributed by atoms with Gasteiger partial charge >= 0.3 is 0 Å². The van der Waals surface area contributed by atoms with Gasteiger partial charge < -0.3 is 10.4 Å². The average molecular weight is 182 g/mol. The number of carbonyl (C=O) groups excluding carboxylic acids is 1. The van der Waals surface area contributed by atoms with Crippen molar-refractivity contribution in [2.24, 2.45) is 0 Å². The minimum Gasteiger partial charge on any atom is -0.390 e. The van der Waals surface area contributed by atoms with E-state index in [0.29, 0.717) is 13.1 Å². The summed E-state index contributed by atoms with van der Waals surface area (Å²) in [6, 6.07) is -0.197. The van der Waals surface area contributed by atoms with Crippen molar-refractivity contribution in [1.82, 2.24) is 10.2 Å². The third-order valence-electron chi connectivity index (χ3n) is 2.18. The van der Waals surface area contributed by atoms with E-state index in [4.69, 9.17) is 11.5 Å². The molecule has 1 aliphatic heterocycles. The average Bonchev–Trinajstić information content (AvgIpc) is 2.07. The first-order valence-corrected chi connectivity index (χ1v) is 4.28. The molecule has 0 radical (unpaired) electrons. The van der Waals surface area contributed by atoms with Crippen molar-refractivity contribution in [3.05, 3.63) is 0 Å². The van der Waals surface area contributed by atoms with Gasteiger partial charge in [0.15, 0.2) is 0 Å². The molecule has 13 heavy (non-hydrogen) atoms. The highest BCUT2D eigenvalue weighted by Gasteiger charge is 2.31. The summed E-state index contributed by atoms with van der Waals surface area (Å²) in [5.74, 6) is 2.26. The van der Waals surface area contributed by atoms with E-state index in [-0.39, 0.29) is 24.6 Å². The minimum absolute atomic E-state index is 0.0788. The summed E-state index contributed by atoms with van der Waals surface area (Å²) in [5.41, 5.74) is 0. The molecule has 1 fully saturated rings. The lowest BCUT2D eigenvalue weighted by Gasteiger charge is -2.39. The molecule has 0 spiro atoms. The maximum atomic E-state index is 11.3.